The molecule has 5 aromatic rings. The molecule has 0 aliphatic rings. The highest BCUT2D eigenvalue weighted by atomic mass is 35.5. The van der Waals surface area contributed by atoms with Crippen molar-refractivity contribution in [2.24, 2.45) is 0 Å². The standard InChI is InChI=1S/C27H18F3N3O.ClH/c28-27(29,30)26-17-25(23-16-19(6-11-24(23)33-26)18-12-14-31-15-13-18)32-20-7-9-22(10-8-20)34-21-4-2-1-3-5-21;/h1-17H,(H,32,33);1H. The summed E-state index contributed by atoms with van der Waals surface area (Å²) >= 11 is 0. The zero-order valence-electron chi connectivity index (χ0n) is 18.2. The molecule has 0 bridgehead atoms. The summed E-state index contributed by atoms with van der Waals surface area (Å²) < 4.78 is 46.4. The van der Waals surface area contributed by atoms with Crippen LogP contribution in [0.5, 0.6) is 11.5 Å². The predicted molar refractivity (Wildman–Crippen MR) is 133 cm³/mol. The van der Waals surface area contributed by atoms with E-state index in [0.717, 1.165) is 17.2 Å². The smallest absolute Gasteiger partial charge is 0.433 e. The van der Waals surface area contributed by atoms with E-state index in [1.165, 1.54) is 0 Å². The molecular formula is C27H19ClF3N3O. The first-order valence-corrected chi connectivity index (χ1v) is 10.5. The molecule has 0 saturated carbocycles. The van der Waals surface area contributed by atoms with Crippen LogP contribution in [-0.2, 0) is 6.18 Å². The third kappa shape index (κ3) is 5.53. The number of nitrogens with zero attached hydrogens (tertiary/aromatic N) is 2. The topological polar surface area (TPSA) is 47.0 Å². The average Bonchev–Trinajstić information content (AvgIpc) is 2.85. The number of ether oxygens (including phenoxy) is 1. The Morgan fingerprint density at radius 3 is 2.09 bits per heavy atom. The first-order chi connectivity index (χ1) is 16.5. The molecule has 2 heterocycles. The van der Waals surface area contributed by atoms with Gasteiger partial charge in [-0.15, -0.1) is 12.4 Å². The molecule has 5 rings (SSSR count). The largest absolute Gasteiger partial charge is 0.457 e. The number of hydrogen-bond donors (Lipinski definition) is 1. The third-order valence-corrected chi connectivity index (χ3v) is 5.23. The fourth-order valence-corrected chi connectivity index (χ4v) is 3.58. The van der Waals surface area contributed by atoms with Crippen molar-refractivity contribution in [2.45, 2.75) is 6.18 Å². The number of fused-ring (bicyclic) bond motifs is 1. The van der Waals surface area contributed by atoms with Crippen LogP contribution < -0.4 is 10.1 Å². The predicted octanol–water partition coefficient (Wildman–Crippen LogP) is 8.27. The van der Waals surface area contributed by atoms with E-state index < -0.39 is 11.9 Å². The first-order valence-electron chi connectivity index (χ1n) is 10.5. The number of benzene rings is 3. The molecule has 0 fully saturated rings. The summed E-state index contributed by atoms with van der Waals surface area (Å²) in [6, 6.07) is 26.3. The van der Waals surface area contributed by atoms with Crippen molar-refractivity contribution in [2.75, 3.05) is 5.32 Å². The van der Waals surface area contributed by atoms with Crippen LogP contribution in [0.4, 0.5) is 24.5 Å². The Hall–Kier alpha value is -4.10. The second kappa shape index (κ2) is 10.0. The third-order valence-electron chi connectivity index (χ3n) is 5.23. The van der Waals surface area contributed by atoms with E-state index in [1.807, 2.05) is 48.5 Å². The quantitative estimate of drug-likeness (QED) is 0.267. The van der Waals surface area contributed by atoms with Gasteiger partial charge in [0.2, 0.25) is 0 Å². The highest BCUT2D eigenvalue weighted by molar-refractivity contribution is 5.96. The van der Waals surface area contributed by atoms with Gasteiger partial charge in [0.1, 0.15) is 17.2 Å². The van der Waals surface area contributed by atoms with Gasteiger partial charge in [-0.1, -0.05) is 24.3 Å². The number of nitrogens with one attached hydrogen (secondary N) is 1. The summed E-state index contributed by atoms with van der Waals surface area (Å²) in [5.41, 5.74) is 1.99. The van der Waals surface area contributed by atoms with Crippen LogP contribution in [0.15, 0.2) is 103 Å². The molecule has 0 radical (unpaired) electrons. The number of hydrogen-bond acceptors (Lipinski definition) is 4. The highest BCUT2D eigenvalue weighted by Crippen LogP contribution is 2.36. The minimum Gasteiger partial charge on any atom is -0.457 e. The Bertz CT molecular complexity index is 1430. The Kier molecular flexibility index (Phi) is 6.89. The Balaban J connectivity index is 0.00000289. The van der Waals surface area contributed by atoms with Gasteiger partial charge in [-0.2, -0.15) is 13.2 Å². The van der Waals surface area contributed by atoms with E-state index in [9.17, 15) is 13.2 Å². The van der Waals surface area contributed by atoms with E-state index in [4.69, 9.17) is 4.74 Å². The van der Waals surface area contributed by atoms with Gasteiger partial charge in [0.05, 0.1) is 11.2 Å². The van der Waals surface area contributed by atoms with Crippen molar-refractivity contribution in [3.8, 4) is 22.6 Å². The number of aromatic nitrogens is 2. The maximum Gasteiger partial charge on any atom is 0.433 e. The van der Waals surface area contributed by atoms with Crippen molar-refractivity contribution in [3.63, 3.8) is 0 Å². The van der Waals surface area contributed by atoms with Gasteiger partial charge in [0.15, 0.2) is 0 Å². The molecule has 0 atom stereocenters. The molecule has 3 aromatic carbocycles. The second-order valence-corrected chi connectivity index (χ2v) is 7.59. The molecule has 0 unspecified atom stereocenters. The van der Waals surface area contributed by atoms with Gasteiger partial charge < -0.3 is 10.1 Å². The van der Waals surface area contributed by atoms with Gasteiger partial charge in [0, 0.05) is 23.5 Å². The summed E-state index contributed by atoms with van der Waals surface area (Å²) in [4.78, 5) is 7.87. The molecule has 35 heavy (non-hydrogen) atoms. The number of anilines is 2. The van der Waals surface area contributed by atoms with Crippen molar-refractivity contribution >= 4 is 34.7 Å². The van der Waals surface area contributed by atoms with Crippen LogP contribution >= 0.6 is 12.4 Å². The Morgan fingerprint density at radius 1 is 0.714 bits per heavy atom. The number of rotatable bonds is 5. The minimum atomic E-state index is -4.57. The minimum absolute atomic E-state index is 0. The first kappa shape index (κ1) is 24.0. The van der Waals surface area contributed by atoms with E-state index >= 15 is 0 Å². The molecular weight excluding hydrogens is 475 g/mol. The summed E-state index contributed by atoms with van der Waals surface area (Å²) in [6.45, 7) is 0. The zero-order chi connectivity index (χ0) is 23.5. The summed E-state index contributed by atoms with van der Waals surface area (Å²) in [7, 11) is 0. The van der Waals surface area contributed by atoms with Crippen molar-refractivity contribution < 1.29 is 17.9 Å². The molecule has 0 aliphatic carbocycles. The zero-order valence-corrected chi connectivity index (χ0v) is 19.0. The lowest BCUT2D eigenvalue weighted by molar-refractivity contribution is -0.140. The molecule has 0 spiro atoms. The van der Waals surface area contributed by atoms with E-state index in [1.54, 1.807) is 48.8 Å². The lowest BCUT2D eigenvalue weighted by Crippen LogP contribution is -2.09. The van der Waals surface area contributed by atoms with Crippen LogP contribution in [-0.4, -0.2) is 9.97 Å². The van der Waals surface area contributed by atoms with Crippen molar-refractivity contribution in [1.82, 2.24) is 9.97 Å². The number of alkyl halides is 3. The molecule has 8 heteroatoms. The normalized spacial score (nSPS) is 11.1. The number of pyridine rings is 2. The maximum absolute atomic E-state index is 13.5. The lowest BCUT2D eigenvalue weighted by Gasteiger charge is -2.15. The molecule has 0 saturated heterocycles. The molecule has 0 aliphatic heterocycles. The van der Waals surface area contributed by atoms with E-state index in [-0.39, 0.29) is 17.9 Å². The van der Waals surface area contributed by atoms with E-state index in [2.05, 4.69) is 15.3 Å². The Labute approximate surface area is 205 Å². The van der Waals surface area contributed by atoms with Gasteiger partial charge in [0.25, 0.3) is 0 Å². The SMILES string of the molecule is Cl.FC(F)(F)c1cc(Nc2ccc(Oc3ccccc3)cc2)c2cc(-c3ccncc3)ccc2n1. The average molecular weight is 494 g/mol. The van der Waals surface area contributed by atoms with Crippen LogP contribution in [0, 0.1) is 0 Å². The van der Waals surface area contributed by atoms with Crippen LogP contribution in [0.1, 0.15) is 5.69 Å². The fourth-order valence-electron chi connectivity index (χ4n) is 3.58. The van der Waals surface area contributed by atoms with Gasteiger partial charge in [-0.25, -0.2) is 4.98 Å². The summed E-state index contributed by atoms with van der Waals surface area (Å²) in [5.74, 6) is 1.31. The number of para-hydroxylation sites is 1. The highest BCUT2D eigenvalue weighted by Gasteiger charge is 2.33. The second-order valence-electron chi connectivity index (χ2n) is 7.59. The fraction of sp³-hybridized carbons (Fsp3) is 0.0370. The van der Waals surface area contributed by atoms with Gasteiger partial charge >= 0.3 is 6.18 Å². The lowest BCUT2D eigenvalue weighted by atomic mass is 10.0. The molecule has 0 amide bonds. The maximum atomic E-state index is 13.5. The van der Waals surface area contributed by atoms with Gasteiger partial charge in [-0.05, 0) is 77.9 Å². The van der Waals surface area contributed by atoms with Gasteiger partial charge in [-0.3, -0.25) is 4.98 Å². The summed E-state index contributed by atoms with van der Waals surface area (Å²) in [5, 5.41) is 3.70. The molecule has 2 aromatic heterocycles. The number of halogens is 4. The van der Waals surface area contributed by atoms with Crippen molar-refractivity contribution in [3.05, 3.63) is 109 Å². The summed E-state index contributed by atoms with van der Waals surface area (Å²) in [6.07, 6.45) is -1.23. The molecule has 4 nitrogen and oxygen atoms in total. The van der Waals surface area contributed by atoms with E-state index in [0.29, 0.717) is 28.3 Å². The van der Waals surface area contributed by atoms with Crippen molar-refractivity contribution in [1.29, 1.82) is 0 Å². The van der Waals surface area contributed by atoms with Crippen LogP contribution in [0.3, 0.4) is 0 Å². The van der Waals surface area contributed by atoms with Crippen LogP contribution in [0.2, 0.25) is 0 Å². The monoisotopic (exact) mass is 493 g/mol. The molecule has 1 N–H and O–H groups in total. The van der Waals surface area contributed by atoms with Crippen LogP contribution in [0.25, 0.3) is 22.0 Å². The Morgan fingerprint density at radius 2 is 1.40 bits per heavy atom. The molecule has 176 valence electrons.